The van der Waals surface area contributed by atoms with Crippen LogP contribution in [0.5, 0.6) is 0 Å². The van der Waals surface area contributed by atoms with E-state index < -0.39 is 0 Å². The average molecular weight is 237 g/mol. The van der Waals surface area contributed by atoms with Crippen molar-refractivity contribution in [3.8, 4) is 0 Å². The smallest absolute Gasteiger partial charge is 0.230 e. The first-order valence-electron chi connectivity index (χ1n) is 6.90. The number of amides is 2. The molecule has 17 heavy (non-hydrogen) atoms. The van der Waals surface area contributed by atoms with Gasteiger partial charge in [-0.1, -0.05) is 26.7 Å². The molecule has 3 atom stereocenters. The van der Waals surface area contributed by atoms with Gasteiger partial charge in [0.05, 0.1) is 0 Å². The molecule has 0 aromatic carbocycles. The van der Waals surface area contributed by atoms with E-state index in [0.29, 0.717) is 12.3 Å². The van der Waals surface area contributed by atoms with E-state index in [9.17, 15) is 9.59 Å². The summed E-state index contributed by atoms with van der Waals surface area (Å²) in [6.45, 7) is 4.52. The van der Waals surface area contributed by atoms with E-state index in [0.717, 1.165) is 24.7 Å². The number of carbonyl (C=O) groups is 2. The Kier molecular flexibility index (Phi) is 3.85. The standard InChI is InChI=1S/C14H23NO2/c1-9(2)6-10-4-3-5-11(7-10)12-8-13(16)15-14(12)17/h9-12H,3-8H2,1-2H3,(H,15,16,17). The number of hydrogen-bond donors (Lipinski definition) is 1. The van der Waals surface area contributed by atoms with Crippen molar-refractivity contribution in [2.75, 3.05) is 0 Å². The Bertz CT molecular complexity index is 311. The third-order valence-electron chi connectivity index (χ3n) is 4.20. The lowest BCUT2D eigenvalue weighted by atomic mass is 9.72. The molecule has 2 fully saturated rings. The van der Waals surface area contributed by atoms with Crippen LogP contribution in [-0.2, 0) is 9.59 Å². The fourth-order valence-corrected chi connectivity index (χ4v) is 3.53. The van der Waals surface area contributed by atoms with Crippen molar-refractivity contribution >= 4 is 11.8 Å². The second-order valence-electron chi connectivity index (χ2n) is 6.15. The molecule has 2 amide bonds. The fraction of sp³-hybridized carbons (Fsp3) is 0.857. The van der Waals surface area contributed by atoms with Gasteiger partial charge in [0.15, 0.2) is 0 Å². The lowest BCUT2D eigenvalue weighted by Gasteiger charge is -2.32. The first-order valence-corrected chi connectivity index (χ1v) is 6.90. The van der Waals surface area contributed by atoms with Crippen LogP contribution in [0.15, 0.2) is 0 Å². The second kappa shape index (κ2) is 5.19. The highest BCUT2D eigenvalue weighted by molar-refractivity contribution is 6.03. The summed E-state index contributed by atoms with van der Waals surface area (Å²) in [7, 11) is 0. The van der Waals surface area contributed by atoms with Gasteiger partial charge in [-0.3, -0.25) is 14.9 Å². The van der Waals surface area contributed by atoms with Crippen molar-refractivity contribution in [3.05, 3.63) is 0 Å². The van der Waals surface area contributed by atoms with E-state index in [-0.39, 0.29) is 17.7 Å². The summed E-state index contributed by atoms with van der Waals surface area (Å²) in [6, 6.07) is 0. The Morgan fingerprint density at radius 3 is 2.65 bits per heavy atom. The van der Waals surface area contributed by atoms with Crippen LogP contribution in [0, 0.1) is 23.7 Å². The Balaban J connectivity index is 1.93. The van der Waals surface area contributed by atoms with Crippen molar-refractivity contribution in [1.29, 1.82) is 0 Å². The highest BCUT2D eigenvalue weighted by atomic mass is 16.2. The van der Waals surface area contributed by atoms with Crippen LogP contribution in [-0.4, -0.2) is 11.8 Å². The molecule has 1 saturated carbocycles. The van der Waals surface area contributed by atoms with E-state index in [2.05, 4.69) is 19.2 Å². The van der Waals surface area contributed by atoms with Gasteiger partial charge >= 0.3 is 0 Å². The summed E-state index contributed by atoms with van der Waals surface area (Å²) >= 11 is 0. The molecule has 0 bridgehead atoms. The van der Waals surface area contributed by atoms with Crippen molar-refractivity contribution in [2.45, 2.75) is 52.4 Å². The van der Waals surface area contributed by atoms with Gasteiger partial charge in [0, 0.05) is 12.3 Å². The highest BCUT2D eigenvalue weighted by Crippen LogP contribution is 2.39. The quantitative estimate of drug-likeness (QED) is 0.767. The maximum Gasteiger partial charge on any atom is 0.230 e. The number of imide groups is 1. The van der Waals surface area contributed by atoms with Gasteiger partial charge in [0.1, 0.15) is 0 Å². The molecule has 96 valence electrons. The minimum absolute atomic E-state index is 0.0230. The van der Waals surface area contributed by atoms with E-state index in [4.69, 9.17) is 0 Å². The first kappa shape index (κ1) is 12.6. The predicted octanol–water partition coefficient (Wildman–Crippen LogP) is 2.50. The lowest BCUT2D eigenvalue weighted by molar-refractivity contribution is -0.126. The molecule has 0 aromatic rings. The monoisotopic (exact) mass is 237 g/mol. The third-order valence-corrected chi connectivity index (χ3v) is 4.20. The van der Waals surface area contributed by atoms with E-state index in [1.165, 1.54) is 19.3 Å². The minimum atomic E-state index is -0.0778. The third kappa shape index (κ3) is 3.08. The molecule has 3 unspecified atom stereocenters. The Labute approximate surface area is 103 Å². The van der Waals surface area contributed by atoms with E-state index >= 15 is 0 Å². The second-order valence-corrected chi connectivity index (χ2v) is 6.15. The molecule has 1 aliphatic heterocycles. The van der Waals surface area contributed by atoms with Gasteiger partial charge in [-0.25, -0.2) is 0 Å². The molecule has 1 saturated heterocycles. The largest absolute Gasteiger partial charge is 0.296 e. The molecule has 1 aliphatic carbocycles. The first-order chi connectivity index (χ1) is 8.06. The van der Waals surface area contributed by atoms with Gasteiger partial charge in [-0.05, 0) is 37.0 Å². The molecule has 3 heteroatoms. The van der Waals surface area contributed by atoms with E-state index in [1.54, 1.807) is 0 Å². The van der Waals surface area contributed by atoms with Crippen molar-refractivity contribution in [2.24, 2.45) is 23.7 Å². The zero-order valence-corrected chi connectivity index (χ0v) is 10.9. The number of carbonyl (C=O) groups excluding carboxylic acids is 2. The molecule has 3 nitrogen and oxygen atoms in total. The molecule has 0 radical (unpaired) electrons. The summed E-state index contributed by atoms with van der Waals surface area (Å²) in [5.74, 6) is 1.81. The summed E-state index contributed by atoms with van der Waals surface area (Å²) in [4.78, 5) is 22.9. The Morgan fingerprint density at radius 2 is 2.06 bits per heavy atom. The lowest BCUT2D eigenvalue weighted by Crippen LogP contribution is -2.29. The predicted molar refractivity (Wildman–Crippen MR) is 66.2 cm³/mol. The van der Waals surface area contributed by atoms with Crippen molar-refractivity contribution in [1.82, 2.24) is 5.32 Å². The fourth-order valence-electron chi connectivity index (χ4n) is 3.53. The maximum atomic E-state index is 11.7. The molecule has 2 rings (SSSR count). The Hall–Kier alpha value is -0.860. The van der Waals surface area contributed by atoms with Crippen LogP contribution >= 0.6 is 0 Å². The van der Waals surface area contributed by atoms with Gasteiger partial charge in [-0.15, -0.1) is 0 Å². The van der Waals surface area contributed by atoms with Crippen LogP contribution in [0.25, 0.3) is 0 Å². The summed E-state index contributed by atoms with van der Waals surface area (Å²) in [6.07, 6.45) is 6.48. The molecule has 1 N–H and O–H groups in total. The van der Waals surface area contributed by atoms with Crippen LogP contribution in [0.3, 0.4) is 0 Å². The summed E-state index contributed by atoms with van der Waals surface area (Å²) in [5, 5.41) is 2.44. The Morgan fingerprint density at radius 1 is 1.29 bits per heavy atom. The summed E-state index contributed by atoms with van der Waals surface area (Å²) < 4.78 is 0. The topological polar surface area (TPSA) is 46.2 Å². The normalized spacial score (nSPS) is 34.2. The number of nitrogens with one attached hydrogen (secondary N) is 1. The highest BCUT2D eigenvalue weighted by Gasteiger charge is 2.38. The molecular weight excluding hydrogens is 214 g/mol. The molecule has 1 heterocycles. The van der Waals surface area contributed by atoms with Crippen LogP contribution in [0.1, 0.15) is 52.4 Å². The molecule has 0 aromatic heterocycles. The molecular formula is C14H23NO2. The van der Waals surface area contributed by atoms with Crippen LogP contribution in [0.4, 0.5) is 0 Å². The van der Waals surface area contributed by atoms with Gasteiger partial charge in [0.2, 0.25) is 11.8 Å². The number of hydrogen-bond acceptors (Lipinski definition) is 2. The zero-order valence-electron chi connectivity index (χ0n) is 10.9. The van der Waals surface area contributed by atoms with E-state index in [1.807, 2.05) is 0 Å². The molecule has 0 spiro atoms. The van der Waals surface area contributed by atoms with Crippen molar-refractivity contribution in [3.63, 3.8) is 0 Å². The van der Waals surface area contributed by atoms with Gasteiger partial charge in [-0.2, -0.15) is 0 Å². The maximum absolute atomic E-state index is 11.7. The van der Waals surface area contributed by atoms with Gasteiger partial charge < -0.3 is 0 Å². The van der Waals surface area contributed by atoms with Crippen molar-refractivity contribution < 1.29 is 9.59 Å². The van der Waals surface area contributed by atoms with Crippen LogP contribution < -0.4 is 5.32 Å². The average Bonchev–Trinajstić information content (AvgIpc) is 2.57. The zero-order chi connectivity index (χ0) is 12.4. The van der Waals surface area contributed by atoms with Crippen LogP contribution in [0.2, 0.25) is 0 Å². The minimum Gasteiger partial charge on any atom is -0.296 e. The molecule has 2 aliphatic rings. The SMILES string of the molecule is CC(C)CC1CCCC(C2CC(=O)NC2=O)C1. The number of rotatable bonds is 3. The summed E-state index contributed by atoms with van der Waals surface area (Å²) in [5.41, 5.74) is 0. The van der Waals surface area contributed by atoms with Gasteiger partial charge in [0.25, 0.3) is 0 Å².